The molecule has 1 aromatic rings. The van der Waals surface area contributed by atoms with Gasteiger partial charge in [-0.3, -0.25) is 0 Å². The van der Waals surface area contributed by atoms with Crippen LogP contribution in [0.3, 0.4) is 0 Å². The van der Waals surface area contributed by atoms with Crippen LogP contribution in [0.4, 0.5) is 0 Å². The van der Waals surface area contributed by atoms with Crippen molar-refractivity contribution in [1.82, 2.24) is 10.3 Å². The molecule has 0 aliphatic carbocycles. The van der Waals surface area contributed by atoms with Crippen LogP contribution in [0, 0.1) is 0 Å². The van der Waals surface area contributed by atoms with E-state index < -0.39 is 0 Å². The molecule has 90 valence electrons. The molecule has 16 heavy (non-hydrogen) atoms. The van der Waals surface area contributed by atoms with Crippen molar-refractivity contribution in [2.45, 2.75) is 12.8 Å². The average molecular weight is 226 g/mol. The molecule has 0 saturated heterocycles. The van der Waals surface area contributed by atoms with Crippen molar-refractivity contribution in [3.8, 4) is 5.88 Å². The van der Waals surface area contributed by atoms with E-state index in [2.05, 4.69) is 10.3 Å². The molecular formula is C11H18N2O3. The van der Waals surface area contributed by atoms with Crippen molar-refractivity contribution < 1.29 is 14.2 Å². The van der Waals surface area contributed by atoms with Crippen LogP contribution in [0.1, 0.15) is 5.56 Å². The zero-order chi connectivity index (χ0) is 11.8. The largest absolute Gasteiger partial charge is 0.481 e. The third kappa shape index (κ3) is 4.14. The average Bonchev–Trinajstić information content (AvgIpc) is 2.35. The lowest BCUT2D eigenvalue weighted by molar-refractivity contribution is -0.0989. The minimum absolute atomic E-state index is 0.219. The first-order valence-corrected chi connectivity index (χ1v) is 5.05. The van der Waals surface area contributed by atoms with Crippen LogP contribution >= 0.6 is 0 Å². The smallest absolute Gasteiger partial charge is 0.213 e. The minimum Gasteiger partial charge on any atom is -0.481 e. The molecule has 0 unspecified atom stereocenters. The molecule has 0 aliphatic rings. The minimum atomic E-state index is -0.219. The predicted octanol–water partition coefficient (Wildman–Crippen LogP) is 0.799. The maximum absolute atomic E-state index is 5.06. The number of hydrogen-bond donors (Lipinski definition) is 1. The van der Waals surface area contributed by atoms with E-state index in [0.29, 0.717) is 12.4 Å². The Morgan fingerprint density at radius 1 is 1.31 bits per heavy atom. The van der Waals surface area contributed by atoms with E-state index in [0.717, 1.165) is 12.1 Å². The molecule has 1 heterocycles. The summed E-state index contributed by atoms with van der Waals surface area (Å²) in [6, 6.07) is 3.83. The van der Waals surface area contributed by atoms with Gasteiger partial charge in [-0.05, 0) is 11.6 Å². The third-order valence-electron chi connectivity index (χ3n) is 2.17. The van der Waals surface area contributed by atoms with Crippen molar-refractivity contribution in [3.63, 3.8) is 0 Å². The topological polar surface area (TPSA) is 52.6 Å². The Morgan fingerprint density at radius 2 is 2.06 bits per heavy atom. The summed E-state index contributed by atoms with van der Waals surface area (Å²) in [5.41, 5.74) is 1.11. The van der Waals surface area contributed by atoms with Crippen LogP contribution in [0.15, 0.2) is 18.3 Å². The maximum atomic E-state index is 5.06. The normalized spacial score (nSPS) is 10.8. The Morgan fingerprint density at radius 3 is 2.69 bits per heavy atom. The molecule has 1 rings (SSSR count). The van der Waals surface area contributed by atoms with Gasteiger partial charge in [0.25, 0.3) is 0 Å². The third-order valence-corrected chi connectivity index (χ3v) is 2.17. The van der Waals surface area contributed by atoms with Crippen LogP contribution in [-0.4, -0.2) is 39.1 Å². The summed E-state index contributed by atoms with van der Waals surface area (Å²) in [4.78, 5) is 4.03. The van der Waals surface area contributed by atoms with Crippen LogP contribution in [0.5, 0.6) is 5.88 Å². The highest BCUT2D eigenvalue weighted by molar-refractivity contribution is 5.20. The highest BCUT2D eigenvalue weighted by atomic mass is 16.7. The van der Waals surface area contributed by atoms with Gasteiger partial charge in [-0.1, -0.05) is 0 Å². The van der Waals surface area contributed by atoms with Gasteiger partial charge in [0.15, 0.2) is 6.29 Å². The lowest BCUT2D eigenvalue weighted by Crippen LogP contribution is -2.29. The fourth-order valence-corrected chi connectivity index (χ4v) is 1.27. The first-order chi connectivity index (χ1) is 7.80. The van der Waals surface area contributed by atoms with E-state index in [1.54, 1.807) is 27.5 Å². The summed E-state index contributed by atoms with van der Waals surface area (Å²) in [5.74, 6) is 0.620. The zero-order valence-electron chi connectivity index (χ0n) is 9.90. The summed E-state index contributed by atoms with van der Waals surface area (Å²) >= 11 is 0. The summed E-state index contributed by atoms with van der Waals surface area (Å²) in [7, 11) is 4.84. The van der Waals surface area contributed by atoms with Gasteiger partial charge in [0.1, 0.15) is 0 Å². The van der Waals surface area contributed by atoms with Crippen LogP contribution in [-0.2, 0) is 16.0 Å². The molecule has 0 bridgehead atoms. The fourth-order valence-electron chi connectivity index (χ4n) is 1.27. The SMILES string of the molecule is COc1cc(CNCC(OC)OC)ccn1. The van der Waals surface area contributed by atoms with E-state index in [9.17, 15) is 0 Å². The molecule has 0 saturated carbocycles. The molecular weight excluding hydrogens is 208 g/mol. The number of hydrogen-bond acceptors (Lipinski definition) is 5. The van der Waals surface area contributed by atoms with Gasteiger partial charge in [-0.25, -0.2) is 4.98 Å². The van der Waals surface area contributed by atoms with Gasteiger partial charge < -0.3 is 19.5 Å². The van der Waals surface area contributed by atoms with Gasteiger partial charge in [0, 0.05) is 39.6 Å². The van der Waals surface area contributed by atoms with Gasteiger partial charge in [0.2, 0.25) is 5.88 Å². The lowest BCUT2D eigenvalue weighted by atomic mass is 10.2. The summed E-state index contributed by atoms with van der Waals surface area (Å²) in [6.45, 7) is 1.36. The molecule has 0 aliphatic heterocycles. The second kappa shape index (κ2) is 7.16. The number of aromatic nitrogens is 1. The highest BCUT2D eigenvalue weighted by Gasteiger charge is 2.03. The molecule has 5 nitrogen and oxygen atoms in total. The Hall–Kier alpha value is -1.17. The standard InChI is InChI=1S/C11H18N2O3/c1-14-10-6-9(4-5-13-10)7-12-8-11(15-2)16-3/h4-6,11-12H,7-8H2,1-3H3. The van der Waals surface area contributed by atoms with Crippen LogP contribution < -0.4 is 10.1 Å². The Balaban J connectivity index is 2.36. The number of nitrogens with one attached hydrogen (secondary N) is 1. The first-order valence-electron chi connectivity index (χ1n) is 5.05. The monoisotopic (exact) mass is 226 g/mol. The second-order valence-electron chi connectivity index (χ2n) is 3.24. The van der Waals surface area contributed by atoms with E-state index in [1.165, 1.54) is 0 Å². The van der Waals surface area contributed by atoms with Crippen molar-refractivity contribution in [2.75, 3.05) is 27.9 Å². The summed E-state index contributed by atoms with van der Waals surface area (Å²) in [6.07, 6.45) is 1.50. The number of methoxy groups -OCH3 is 3. The Labute approximate surface area is 95.7 Å². The molecule has 1 aromatic heterocycles. The molecule has 0 atom stereocenters. The van der Waals surface area contributed by atoms with Crippen LogP contribution in [0.2, 0.25) is 0 Å². The quantitative estimate of drug-likeness (QED) is 0.697. The van der Waals surface area contributed by atoms with Crippen molar-refractivity contribution in [1.29, 1.82) is 0 Å². The molecule has 0 amide bonds. The zero-order valence-corrected chi connectivity index (χ0v) is 9.90. The van der Waals surface area contributed by atoms with E-state index in [1.807, 2.05) is 12.1 Å². The van der Waals surface area contributed by atoms with Crippen LogP contribution in [0.25, 0.3) is 0 Å². The summed E-state index contributed by atoms with van der Waals surface area (Å²) < 4.78 is 15.2. The van der Waals surface area contributed by atoms with Gasteiger partial charge in [-0.15, -0.1) is 0 Å². The molecule has 0 aromatic carbocycles. The molecule has 5 heteroatoms. The fraction of sp³-hybridized carbons (Fsp3) is 0.545. The van der Waals surface area contributed by atoms with Crippen molar-refractivity contribution >= 4 is 0 Å². The Kier molecular flexibility index (Phi) is 5.77. The molecule has 0 radical (unpaired) electrons. The van der Waals surface area contributed by atoms with E-state index in [4.69, 9.17) is 14.2 Å². The molecule has 0 fully saturated rings. The molecule has 1 N–H and O–H groups in total. The van der Waals surface area contributed by atoms with E-state index >= 15 is 0 Å². The second-order valence-corrected chi connectivity index (χ2v) is 3.24. The lowest BCUT2D eigenvalue weighted by Gasteiger charge is -2.14. The van der Waals surface area contributed by atoms with Gasteiger partial charge in [0.05, 0.1) is 7.11 Å². The highest BCUT2D eigenvalue weighted by Crippen LogP contribution is 2.07. The van der Waals surface area contributed by atoms with Gasteiger partial charge in [-0.2, -0.15) is 0 Å². The summed E-state index contributed by atoms with van der Waals surface area (Å²) in [5, 5.41) is 3.22. The first kappa shape index (κ1) is 12.9. The number of pyridine rings is 1. The predicted molar refractivity (Wildman–Crippen MR) is 60.3 cm³/mol. The Bertz CT molecular complexity index is 303. The number of nitrogens with zero attached hydrogens (tertiary/aromatic N) is 1. The number of ether oxygens (including phenoxy) is 3. The van der Waals surface area contributed by atoms with E-state index in [-0.39, 0.29) is 6.29 Å². The van der Waals surface area contributed by atoms with Crippen molar-refractivity contribution in [3.05, 3.63) is 23.9 Å². The maximum Gasteiger partial charge on any atom is 0.213 e. The van der Waals surface area contributed by atoms with Gasteiger partial charge >= 0.3 is 0 Å². The molecule has 0 spiro atoms. The van der Waals surface area contributed by atoms with Crippen molar-refractivity contribution in [2.24, 2.45) is 0 Å². The number of rotatable bonds is 7.